The van der Waals surface area contributed by atoms with Crippen LogP contribution >= 0.6 is 0 Å². The lowest BCUT2D eigenvalue weighted by Crippen LogP contribution is -2.54. The van der Waals surface area contributed by atoms with Crippen LogP contribution in [0, 0.1) is 13.1 Å². The van der Waals surface area contributed by atoms with Crippen LogP contribution in [0.2, 0.25) is 0 Å². The number of fused-ring (bicyclic) bond motifs is 4. The van der Waals surface area contributed by atoms with Crippen LogP contribution in [0.1, 0.15) is 111 Å². The fourth-order valence-electron chi connectivity index (χ4n) is 9.38. The lowest BCUT2D eigenvalue weighted by atomic mass is 9.76. The van der Waals surface area contributed by atoms with Crippen LogP contribution in [0.4, 0.5) is 0 Å². The molecule has 0 amide bonds. The minimum absolute atomic E-state index is 0. The number of aliphatic hydroxyl groups excluding tert-OH is 2. The van der Waals surface area contributed by atoms with E-state index in [-0.39, 0.29) is 75.1 Å². The molecule has 44 heavy (non-hydrogen) atoms. The Hall–Kier alpha value is -1.34. The average Bonchev–Trinajstić information content (AvgIpc) is 3.62. The van der Waals surface area contributed by atoms with E-state index in [9.17, 15) is 10.2 Å². The van der Waals surface area contributed by atoms with Crippen molar-refractivity contribution in [1.82, 2.24) is 0 Å². The molecule has 2 N–H and O–H groups in total. The second-order valence-corrected chi connectivity index (χ2v) is 14.0. The SMILES string of the molecule is C.C.[C-]#[N+]CC[C@H]1CC[C@@H]2O[C@@H]3C[C@]2(C[C@@H](O)C3O)O1.[C-]#[N+]CC[C@H]1CC[C@@H]2O[C@@H]3C[C@]2(C[C@H]2OC4(CCCCC4)OC32)O1. The third kappa shape index (κ3) is 6.07. The van der Waals surface area contributed by atoms with E-state index in [1.54, 1.807) is 0 Å². The van der Waals surface area contributed by atoms with Gasteiger partial charge in [0.05, 0.1) is 60.0 Å². The van der Waals surface area contributed by atoms with Crippen molar-refractivity contribution >= 4 is 0 Å². The van der Waals surface area contributed by atoms with Gasteiger partial charge in [0.2, 0.25) is 13.1 Å². The molecule has 10 nitrogen and oxygen atoms in total. The van der Waals surface area contributed by atoms with Crippen LogP contribution < -0.4 is 0 Å². The number of nitrogens with zero attached hydrogens (tertiary/aromatic N) is 2. The van der Waals surface area contributed by atoms with Crippen molar-refractivity contribution in [2.75, 3.05) is 13.1 Å². The van der Waals surface area contributed by atoms with E-state index < -0.39 is 17.8 Å². The molecule has 5 aliphatic heterocycles. The zero-order chi connectivity index (χ0) is 29.0. The van der Waals surface area contributed by atoms with E-state index in [0.717, 1.165) is 64.2 Å². The zero-order valence-electron chi connectivity index (χ0n) is 24.5. The summed E-state index contributed by atoms with van der Waals surface area (Å²) in [5, 5.41) is 19.7. The van der Waals surface area contributed by atoms with Crippen molar-refractivity contribution in [2.45, 2.75) is 189 Å². The van der Waals surface area contributed by atoms with Crippen molar-refractivity contribution < 1.29 is 38.6 Å². The molecule has 0 aromatic heterocycles. The molecule has 248 valence electrons. The molecule has 3 saturated carbocycles. The van der Waals surface area contributed by atoms with Crippen molar-refractivity contribution in [3.63, 3.8) is 0 Å². The average molecular weight is 619 g/mol. The van der Waals surface area contributed by atoms with Crippen LogP contribution in [-0.2, 0) is 28.4 Å². The van der Waals surface area contributed by atoms with E-state index in [1.165, 1.54) is 19.3 Å². The topological polar surface area (TPSA) is 105 Å². The highest BCUT2D eigenvalue weighted by atomic mass is 16.8. The van der Waals surface area contributed by atoms with Crippen molar-refractivity contribution in [3.8, 4) is 0 Å². The van der Waals surface area contributed by atoms with Crippen LogP contribution in [0.25, 0.3) is 9.69 Å². The Bertz CT molecular complexity index is 1070. The first-order valence-electron chi connectivity index (χ1n) is 16.4. The number of ether oxygens (including phenoxy) is 6. The number of rotatable bonds is 4. The summed E-state index contributed by atoms with van der Waals surface area (Å²) in [5.74, 6) is -0.342. The smallest absolute Gasteiger partial charge is 0.217 e. The number of aliphatic hydroxyl groups is 2. The largest absolute Gasteiger partial charge is 0.390 e. The summed E-state index contributed by atoms with van der Waals surface area (Å²) in [5.41, 5.74) is -0.616. The first-order valence-corrected chi connectivity index (χ1v) is 16.4. The Morgan fingerprint density at radius 3 is 1.80 bits per heavy atom. The standard InChI is InChI=1S/C19H27NO4.C13H19NO4.2CH4/c1-20-10-7-13-5-6-16-18(22-13)11-14(21-16)17-15(12-18)23-19(24-17)8-3-2-4-9-19;1-14-5-4-8-2-3-11-13(18-8)6-9(15)12(16)10(7-13)17-11;;/h13-17H,2-12H2;8-12,15-16H,2-7H2;2*1H4/t13-,14-,15-,16+,17?,18-;8-,9-,10-,11+,12?,13+;;/m11../s1. The van der Waals surface area contributed by atoms with Crippen molar-refractivity contribution in [3.05, 3.63) is 22.8 Å². The molecule has 8 aliphatic rings. The highest BCUT2D eigenvalue weighted by Crippen LogP contribution is 2.55. The molecule has 2 unspecified atom stereocenters. The quantitative estimate of drug-likeness (QED) is 0.425. The first-order chi connectivity index (χ1) is 20.4. The Morgan fingerprint density at radius 1 is 0.636 bits per heavy atom. The number of hydrogen-bond donors (Lipinski definition) is 2. The summed E-state index contributed by atoms with van der Waals surface area (Å²) < 4.78 is 37.9. The second-order valence-electron chi connectivity index (χ2n) is 14.0. The molecule has 10 heteroatoms. The maximum atomic E-state index is 9.90. The maximum Gasteiger partial charge on any atom is 0.217 e. The fourth-order valence-corrected chi connectivity index (χ4v) is 9.38. The van der Waals surface area contributed by atoms with Gasteiger partial charge >= 0.3 is 0 Å². The molecule has 0 aromatic rings. The zero-order valence-corrected chi connectivity index (χ0v) is 24.5. The van der Waals surface area contributed by atoms with Gasteiger partial charge in [0.1, 0.15) is 12.2 Å². The summed E-state index contributed by atoms with van der Waals surface area (Å²) in [6.07, 6.45) is 13.1. The van der Waals surface area contributed by atoms with Gasteiger partial charge in [0.25, 0.3) is 0 Å². The lowest BCUT2D eigenvalue weighted by Gasteiger charge is -2.44. The monoisotopic (exact) mass is 618 g/mol. The fraction of sp³-hybridized carbons (Fsp3) is 0.941. The Morgan fingerprint density at radius 2 is 1.18 bits per heavy atom. The van der Waals surface area contributed by atoms with Gasteiger partial charge in [-0.1, -0.05) is 21.3 Å². The van der Waals surface area contributed by atoms with E-state index >= 15 is 0 Å². The Labute approximate surface area is 263 Å². The van der Waals surface area contributed by atoms with E-state index in [1.807, 2.05) is 0 Å². The van der Waals surface area contributed by atoms with Crippen molar-refractivity contribution in [1.29, 1.82) is 0 Å². The molecule has 3 spiro atoms. The number of hydrogen-bond acceptors (Lipinski definition) is 8. The minimum Gasteiger partial charge on any atom is -0.390 e. The van der Waals surface area contributed by atoms with Gasteiger partial charge in [-0.15, -0.1) is 0 Å². The summed E-state index contributed by atoms with van der Waals surface area (Å²) in [7, 11) is 0. The van der Waals surface area contributed by atoms with Gasteiger partial charge in [0, 0.05) is 51.4 Å². The van der Waals surface area contributed by atoms with E-state index in [2.05, 4.69) is 9.69 Å². The van der Waals surface area contributed by atoms with Crippen LogP contribution in [0.5, 0.6) is 0 Å². The molecule has 0 radical (unpaired) electrons. The Kier molecular flexibility index (Phi) is 10.4. The summed E-state index contributed by atoms with van der Waals surface area (Å²) in [4.78, 5) is 6.87. The highest BCUT2D eigenvalue weighted by Gasteiger charge is 2.65. The molecule has 0 aromatic carbocycles. The molecule has 12 atom stereocenters. The predicted octanol–water partition coefficient (Wildman–Crippen LogP) is 4.99. The van der Waals surface area contributed by atoms with E-state index in [4.69, 9.17) is 41.6 Å². The summed E-state index contributed by atoms with van der Waals surface area (Å²) in [6, 6.07) is 0. The predicted molar refractivity (Wildman–Crippen MR) is 163 cm³/mol. The lowest BCUT2D eigenvalue weighted by molar-refractivity contribution is -0.215. The molecule has 3 aliphatic carbocycles. The summed E-state index contributed by atoms with van der Waals surface area (Å²) in [6.45, 7) is 14.9. The van der Waals surface area contributed by atoms with Crippen LogP contribution in [-0.4, -0.2) is 101 Å². The van der Waals surface area contributed by atoms with Gasteiger partial charge in [0.15, 0.2) is 5.79 Å². The third-order valence-corrected chi connectivity index (χ3v) is 11.3. The first kappa shape index (κ1) is 34.0. The van der Waals surface area contributed by atoms with E-state index in [0.29, 0.717) is 25.9 Å². The molecule has 4 bridgehead atoms. The van der Waals surface area contributed by atoms with Gasteiger partial charge in [-0.25, -0.2) is 13.1 Å². The maximum absolute atomic E-state index is 9.90. The molecule has 5 saturated heterocycles. The van der Waals surface area contributed by atoms with Gasteiger partial charge < -0.3 is 48.3 Å². The summed E-state index contributed by atoms with van der Waals surface area (Å²) >= 11 is 0. The molecule has 8 rings (SSSR count). The molecular weight excluding hydrogens is 564 g/mol. The van der Waals surface area contributed by atoms with Crippen molar-refractivity contribution in [2.24, 2.45) is 0 Å². The third-order valence-electron chi connectivity index (χ3n) is 11.3. The Balaban J connectivity index is 0.000000174. The highest BCUT2D eigenvalue weighted by molar-refractivity contribution is 5.12. The molecule has 8 fully saturated rings. The van der Waals surface area contributed by atoms with Crippen LogP contribution in [0.15, 0.2) is 0 Å². The minimum atomic E-state index is -0.786. The van der Waals surface area contributed by atoms with Gasteiger partial charge in [-0.05, 0) is 38.5 Å². The molecule has 5 heterocycles. The van der Waals surface area contributed by atoms with Gasteiger partial charge in [-0.3, -0.25) is 0 Å². The normalized spacial score (nSPS) is 47.3. The van der Waals surface area contributed by atoms with Crippen LogP contribution in [0.3, 0.4) is 0 Å². The van der Waals surface area contributed by atoms with Gasteiger partial charge in [-0.2, -0.15) is 0 Å². The second kappa shape index (κ2) is 13.4. The molecular formula is C34H54N2O8.